The van der Waals surface area contributed by atoms with Crippen LogP contribution >= 0.6 is 0 Å². The summed E-state index contributed by atoms with van der Waals surface area (Å²) >= 11 is 0. The molecule has 0 amide bonds. The predicted octanol–water partition coefficient (Wildman–Crippen LogP) is 1.01. The van der Waals surface area contributed by atoms with Gasteiger partial charge in [-0.2, -0.15) is 0 Å². The smallest absolute Gasteiger partial charge is 0.342 e. The second-order valence-electron chi connectivity index (χ2n) is 2.81. The van der Waals surface area contributed by atoms with Crippen LogP contribution in [0.15, 0.2) is 15.5 Å². The molecule has 0 aromatic carbocycles. The Balaban J connectivity index is 3.38. The van der Waals surface area contributed by atoms with E-state index in [0.717, 1.165) is 0 Å². The average Bonchev–Trinajstić information content (AvgIpc) is 2.09. The minimum atomic E-state index is -0.710. The van der Waals surface area contributed by atoms with Gasteiger partial charge in [0.1, 0.15) is 12.0 Å². The minimum absolute atomic E-state index is 0.376. The molecule has 13 heavy (non-hydrogen) atoms. The number of aliphatic hydroxyl groups excluding tert-OH is 1. The Hall–Kier alpha value is -1.29. The predicted molar refractivity (Wildman–Crippen MR) is 46.9 cm³/mol. The van der Waals surface area contributed by atoms with Crippen LogP contribution in [0.25, 0.3) is 0 Å². The number of hydrogen-bond acceptors (Lipinski definition) is 4. The molecule has 72 valence electrons. The van der Waals surface area contributed by atoms with E-state index in [4.69, 9.17) is 9.15 Å². The number of methoxy groups -OCH3 is 1. The van der Waals surface area contributed by atoms with E-state index in [0.29, 0.717) is 16.9 Å². The Morgan fingerprint density at radius 3 is 2.69 bits per heavy atom. The second-order valence-corrected chi connectivity index (χ2v) is 2.81. The lowest BCUT2D eigenvalue weighted by atomic mass is 10.1. The van der Waals surface area contributed by atoms with Crippen LogP contribution in [0, 0.1) is 6.92 Å². The van der Waals surface area contributed by atoms with Gasteiger partial charge >= 0.3 is 5.63 Å². The van der Waals surface area contributed by atoms with Crippen molar-refractivity contribution in [3.8, 4) is 5.75 Å². The molecular formula is C9H12O4. The van der Waals surface area contributed by atoms with Crippen LogP contribution in [-0.4, -0.2) is 12.2 Å². The summed E-state index contributed by atoms with van der Waals surface area (Å²) in [4.78, 5) is 11.0. The SMILES string of the molecule is COc1c([C@H](C)O)coc(=O)c1C. The summed E-state index contributed by atoms with van der Waals surface area (Å²) in [6, 6.07) is 0. The molecule has 0 aliphatic carbocycles. The highest BCUT2D eigenvalue weighted by Gasteiger charge is 2.14. The highest BCUT2D eigenvalue weighted by molar-refractivity contribution is 5.37. The molecule has 1 N–H and O–H groups in total. The molecule has 0 saturated carbocycles. The van der Waals surface area contributed by atoms with Crippen LogP contribution in [-0.2, 0) is 0 Å². The van der Waals surface area contributed by atoms with Gasteiger partial charge in [-0.1, -0.05) is 0 Å². The van der Waals surface area contributed by atoms with Crippen LogP contribution in [0.5, 0.6) is 5.75 Å². The summed E-state index contributed by atoms with van der Waals surface area (Å²) in [6.07, 6.45) is 0.511. The Bertz CT molecular complexity index is 351. The molecule has 1 aromatic heterocycles. The van der Waals surface area contributed by atoms with E-state index in [1.165, 1.54) is 13.4 Å². The molecule has 1 atom stereocenters. The van der Waals surface area contributed by atoms with E-state index in [1.54, 1.807) is 13.8 Å². The van der Waals surface area contributed by atoms with Crippen molar-refractivity contribution < 1.29 is 14.3 Å². The van der Waals surface area contributed by atoms with E-state index in [9.17, 15) is 9.90 Å². The monoisotopic (exact) mass is 184 g/mol. The largest absolute Gasteiger partial charge is 0.496 e. The first kappa shape index (κ1) is 9.80. The zero-order valence-electron chi connectivity index (χ0n) is 7.83. The van der Waals surface area contributed by atoms with E-state index >= 15 is 0 Å². The van der Waals surface area contributed by atoms with Crippen LogP contribution in [0.4, 0.5) is 0 Å². The molecule has 1 rings (SSSR count). The van der Waals surface area contributed by atoms with E-state index in [1.807, 2.05) is 0 Å². The fraction of sp³-hybridized carbons (Fsp3) is 0.444. The highest BCUT2D eigenvalue weighted by Crippen LogP contribution is 2.25. The van der Waals surface area contributed by atoms with Crippen LogP contribution in [0.2, 0.25) is 0 Å². The average molecular weight is 184 g/mol. The van der Waals surface area contributed by atoms with Gasteiger partial charge in [0.25, 0.3) is 0 Å². The van der Waals surface area contributed by atoms with Gasteiger partial charge in [-0.05, 0) is 13.8 Å². The van der Waals surface area contributed by atoms with Crippen LogP contribution in [0.3, 0.4) is 0 Å². The lowest BCUT2D eigenvalue weighted by Gasteiger charge is -2.10. The normalized spacial score (nSPS) is 12.6. The van der Waals surface area contributed by atoms with Crippen molar-refractivity contribution >= 4 is 0 Å². The molecule has 0 spiro atoms. The molecule has 1 aromatic rings. The molecule has 0 saturated heterocycles. The number of ether oxygens (including phenoxy) is 1. The molecule has 4 nitrogen and oxygen atoms in total. The third kappa shape index (κ3) is 1.72. The fourth-order valence-corrected chi connectivity index (χ4v) is 1.13. The lowest BCUT2D eigenvalue weighted by molar-refractivity contribution is 0.189. The maximum absolute atomic E-state index is 11.0. The first-order valence-corrected chi connectivity index (χ1v) is 3.92. The summed E-state index contributed by atoms with van der Waals surface area (Å²) < 4.78 is 9.70. The van der Waals surface area contributed by atoms with Crippen molar-refractivity contribution in [2.24, 2.45) is 0 Å². The maximum atomic E-state index is 11.0. The quantitative estimate of drug-likeness (QED) is 0.745. The first-order valence-electron chi connectivity index (χ1n) is 3.92. The maximum Gasteiger partial charge on any atom is 0.342 e. The fourth-order valence-electron chi connectivity index (χ4n) is 1.13. The van der Waals surface area contributed by atoms with Crippen molar-refractivity contribution in [3.05, 3.63) is 27.8 Å². The van der Waals surface area contributed by atoms with E-state index < -0.39 is 11.7 Å². The molecular weight excluding hydrogens is 172 g/mol. The molecule has 4 heteroatoms. The van der Waals surface area contributed by atoms with Crippen molar-refractivity contribution in [1.29, 1.82) is 0 Å². The molecule has 0 fully saturated rings. The Morgan fingerprint density at radius 2 is 2.23 bits per heavy atom. The molecule has 1 heterocycles. The topological polar surface area (TPSA) is 59.7 Å². The lowest BCUT2D eigenvalue weighted by Crippen LogP contribution is -2.08. The summed E-state index contributed by atoms with van der Waals surface area (Å²) in [7, 11) is 1.45. The third-order valence-corrected chi connectivity index (χ3v) is 1.86. The van der Waals surface area contributed by atoms with Gasteiger partial charge in [0, 0.05) is 0 Å². The zero-order chi connectivity index (χ0) is 10.0. The summed E-state index contributed by atoms with van der Waals surface area (Å²) in [5, 5.41) is 9.31. The second kappa shape index (κ2) is 3.62. The van der Waals surface area contributed by atoms with Crippen molar-refractivity contribution in [3.63, 3.8) is 0 Å². The van der Waals surface area contributed by atoms with Gasteiger partial charge in [0.05, 0.1) is 24.3 Å². The van der Waals surface area contributed by atoms with Gasteiger partial charge in [-0.15, -0.1) is 0 Å². The summed E-state index contributed by atoms with van der Waals surface area (Å²) in [6.45, 7) is 3.17. The summed E-state index contributed by atoms with van der Waals surface area (Å²) in [5.41, 5.74) is 0.418. The standard InChI is InChI=1S/C9H12O4/c1-5-8(12-3)7(6(2)10)4-13-9(5)11/h4,6,10H,1-3H3/t6-/m0/s1. The van der Waals surface area contributed by atoms with Gasteiger partial charge in [0.2, 0.25) is 0 Å². The van der Waals surface area contributed by atoms with Gasteiger partial charge in [0.15, 0.2) is 0 Å². The third-order valence-electron chi connectivity index (χ3n) is 1.86. The summed E-state index contributed by atoms with van der Waals surface area (Å²) in [5.74, 6) is 0.395. The van der Waals surface area contributed by atoms with Gasteiger partial charge in [-0.3, -0.25) is 0 Å². The minimum Gasteiger partial charge on any atom is -0.496 e. The molecule has 0 unspecified atom stereocenters. The number of hydrogen-bond donors (Lipinski definition) is 1. The van der Waals surface area contributed by atoms with Crippen LogP contribution < -0.4 is 10.4 Å². The van der Waals surface area contributed by atoms with Gasteiger partial charge < -0.3 is 14.3 Å². The molecule has 0 radical (unpaired) electrons. The number of aliphatic hydroxyl groups is 1. The zero-order valence-corrected chi connectivity index (χ0v) is 7.83. The Kier molecular flexibility index (Phi) is 2.72. The van der Waals surface area contributed by atoms with Gasteiger partial charge in [-0.25, -0.2) is 4.79 Å². The molecule has 0 aliphatic heterocycles. The first-order chi connectivity index (χ1) is 6.07. The van der Waals surface area contributed by atoms with Crippen molar-refractivity contribution in [1.82, 2.24) is 0 Å². The molecule has 0 bridgehead atoms. The van der Waals surface area contributed by atoms with Crippen molar-refractivity contribution in [2.45, 2.75) is 20.0 Å². The Labute approximate surface area is 75.8 Å². The van der Waals surface area contributed by atoms with E-state index in [2.05, 4.69) is 0 Å². The number of rotatable bonds is 2. The van der Waals surface area contributed by atoms with Crippen LogP contribution in [0.1, 0.15) is 24.2 Å². The molecule has 0 aliphatic rings. The van der Waals surface area contributed by atoms with Crippen molar-refractivity contribution in [2.75, 3.05) is 7.11 Å². The Morgan fingerprint density at radius 1 is 1.62 bits per heavy atom. The highest BCUT2D eigenvalue weighted by atomic mass is 16.5. The van der Waals surface area contributed by atoms with E-state index in [-0.39, 0.29) is 0 Å².